The molecule has 15 heavy (non-hydrogen) atoms. The van der Waals surface area contributed by atoms with E-state index in [1.807, 2.05) is 6.07 Å². The molecule has 0 amide bonds. The Morgan fingerprint density at radius 1 is 1.60 bits per heavy atom. The van der Waals surface area contributed by atoms with Crippen molar-refractivity contribution in [3.05, 3.63) is 17.0 Å². The van der Waals surface area contributed by atoms with Crippen molar-refractivity contribution < 1.29 is 4.74 Å². The SMILES string of the molecule is CC1OCCC1(C)Nc1cc(Br)ncn1. The molecule has 1 N–H and O–H groups in total. The van der Waals surface area contributed by atoms with Crippen LogP contribution in [0.15, 0.2) is 17.0 Å². The van der Waals surface area contributed by atoms with Crippen LogP contribution in [0.3, 0.4) is 0 Å². The molecule has 0 bridgehead atoms. The third kappa shape index (κ3) is 2.29. The lowest BCUT2D eigenvalue weighted by atomic mass is 9.95. The number of nitrogens with one attached hydrogen (secondary N) is 1. The summed E-state index contributed by atoms with van der Waals surface area (Å²) in [4.78, 5) is 8.17. The zero-order valence-electron chi connectivity index (χ0n) is 8.83. The second kappa shape index (κ2) is 4.06. The predicted molar refractivity (Wildman–Crippen MR) is 61.8 cm³/mol. The van der Waals surface area contributed by atoms with Crippen LogP contribution < -0.4 is 5.32 Å². The molecule has 5 heteroatoms. The van der Waals surface area contributed by atoms with Crippen molar-refractivity contribution in [2.45, 2.75) is 31.9 Å². The van der Waals surface area contributed by atoms with Crippen molar-refractivity contribution in [1.82, 2.24) is 9.97 Å². The molecular weight excluding hydrogens is 258 g/mol. The van der Waals surface area contributed by atoms with Crippen LogP contribution in [-0.2, 0) is 4.74 Å². The quantitative estimate of drug-likeness (QED) is 0.838. The van der Waals surface area contributed by atoms with Crippen molar-refractivity contribution in [2.24, 2.45) is 0 Å². The van der Waals surface area contributed by atoms with Gasteiger partial charge in [0.15, 0.2) is 0 Å². The average Bonchev–Trinajstić information content (AvgIpc) is 2.47. The highest BCUT2D eigenvalue weighted by atomic mass is 79.9. The van der Waals surface area contributed by atoms with Gasteiger partial charge in [0.2, 0.25) is 0 Å². The Labute approximate surface area is 97.6 Å². The molecule has 2 unspecified atom stereocenters. The van der Waals surface area contributed by atoms with E-state index in [0.717, 1.165) is 23.4 Å². The van der Waals surface area contributed by atoms with Gasteiger partial charge in [-0.15, -0.1) is 0 Å². The van der Waals surface area contributed by atoms with Crippen LogP contribution in [0.5, 0.6) is 0 Å². The van der Waals surface area contributed by atoms with Gasteiger partial charge in [0.1, 0.15) is 16.7 Å². The molecule has 2 heterocycles. The summed E-state index contributed by atoms with van der Waals surface area (Å²) >= 11 is 3.32. The fraction of sp³-hybridized carbons (Fsp3) is 0.600. The summed E-state index contributed by atoms with van der Waals surface area (Å²) in [5, 5.41) is 3.40. The van der Waals surface area contributed by atoms with E-state index in [2.05, 4.69) is 45.1 Å². The first-order chi connectivity index (χ1) is 7.10. The monoisotopic (exact) mass is 271 g/mol. The van der Waals surface area contributed by atoms with E-state index >= 15 is 0 Å². The van der Waals surface area contributed by atoms with Gasteiger partial charge in [0, 0.05) is 12.7 Å². The lowest BCUT2D eigenvalue weighted by Gasteiger charge is -2.29. The number of anilines is 1. The Bertz CT molecular complexity index is 360. The van der Waals surface area contributed by atoms with Crippen molar-refractivity contribution in [2.75, 3.05) is 11.9 Å². The van der Waals surface area contributed by atoms with Crippen molar-refractivity contribution in [3.8, 4) is 0 Å². The van der Waals surface area contributed by atoms with Gasteiger partial charge in [-0.1, -0.05) is 0 Å². The molecule has 1 aliphatic heterocycles. The van der Waals surface area contributed by atoms with Gasteiger partial charge < -0.3 is 10.1 Å². The maximum Gasteiger partial charge on any atom is 0.130 e. The summed E-state index contributed by atoms with van der Waals surface area (Å²) in [6, 6.07) is 1.87. The van der Waals surface area contributed by atoms with E-state index in [-0.39, 0.29) is 11.6 Å². The minimum absolute atomic E-state index is 0.0339. The van der Waals surface area contributed by atoms with Crippen LogP contribution in [0.2, 0.25) is 0 Å². The summed E-state index contributed by atoms with van der Waals surface area (Å²) in [6.07, 6.45) is 2.73. The van der Waals surface area contributed by atoms with Crippen LogP contribution >= 0.6 is 15.9 Å². The van der Waals surface area contributed by atoms with Gasteiger partial charge in [-0.2, -0.15) is 0 Å². The summed E-state index contributed by atoms with van der Waals surface area (Å²) in [7, 11) is 0. The van der Waals surface area contributed by atoms with Crippen molar-refractivity contribution >= 4 is 21.7 Å². The first kappa shape index (κ1) is 10.8. The Morgan fingerprint density at radius 3 is 3.00 bits per heavy atom. The highest BCUT2D eigenvalue weighted by Crippen LogP contribution is 2.29. The molecule has 1 aliphatic rings. The molecule has 1 aromatic rings. The summed E-state index contributed by atoms with van der Waals surface area (Å²) < 4.78 is 6.34. The minimum atomic E-state index is -0.0339. The molecule has 0 radical (unpaired) electrons. The fourth-order valence-corrected chi connectivity index (χ4v) is 2.00. The number of nitrogens with zero attached hydrogens (tertiary/aromatic N) is 2. The summed E-state index contributed by atoms with van der Waals surface area (Å²) in [5.41, 5.74) is -0.0339. The normalized spacial score (nSPS) is 30.5. The van der Waals surface area contributed by atoms with E-state index in [0.29, 0.717) is 0 Å². The Kier molecular flexibility index (Phi) is 2.93. The Balaban J connectivity index is 2.14. The highest BCUT2D eigenvalue weighted by molar-refractivity contribution is 9.10. The number of ether oxygens (including phenoxy) is 1. The molecule has 0 aromatic carbocycles. The molecule has 0 aliphatic carbocycles. The number of halogens is 1. The van der Waals surface area contributed by atoms with Crippen molar-refractivity contribution in [3.63, 3.8) is 0 Å². The number of hydrogen-bond acceptors (Lipinski definition) is 4. The van der Waals surface area contributed by atoms with Gasteiger partial charge >= 0.3 is 0 Å². The number of rotatable bonds is 2. The molecular formula is C10H14BrN3O. The summed E-state index contributed by atoms with van der Waals surface area (Å²) in [6.45, 7) is 5.04. The molecule has 4 nitrogen and oxygen atoms in total. The fourth-order valence-electron chi connectivity index (χ4n) is 1.69. The maximum absolute atomic E-state index is 5.55. The molecule has 0 saturated carbocycles. The molecule has 1 fully saturated rings. The second-order valence-corrected chi connectivity index (χ2v) is 4.84. The first-order valence-electron chi connectivity index (χ1n) is 4.97. The van der Waals surface area contributed by atoms with Gasteiger partial charge in [-0.05, 0) is 36.2 Å². The van der Waals surface area contributed by atoms with E-state index in [1.165, 1.54) is 6.33 Å². The van der Waals surface area contributed by atoms with E-state index in [9.17, 15) is 0 Å². The topological polar surface area (TPSA) is 47.0 Å². The van der Waals surface area contributed by atoms with E-state index in [4.69, 9.17) is 4.74 Å². The predicted octanol–water partition coefficient (Wildman–Crippen LogP) is 2.22. The summed E-state index contributed by atoms with van der Waals surface area (Å²) in [5.74, 6) is 0.830. The molecule has 82 valence electrons. The van der Waals surface area contributed by atoms with Crippen LogP contribution in [0.1, 0.15) is 20.3 Å². The second-order valence-electron chi connectivity index (χ2n) is 4.03. The number of hydrogen-bond donors (Lipinski definition) is 1. The zero-order valence-corrected chi connectivity index (χ0v) is 10.4. The van der Waals surface area contributed by atoms with Gasteiger partial charge in [0.05, 0.1) is 11.6 Å². The third-order valence-electron chi connectivity index (χ3n) is 2.93. The average molecular weight is 272 g/mol. The Hall–Kier alpha value is -0.680. The van der Waals surface area contributed by atoms with Gasteiger partial charge in [0.25, 0.3) is 0 Å². The van der Waals surface area contributed by atoms with Crippen LogP contribution in [-0.4, -0.2) is 28.2 Å². The highest BCUT2D eigenvalue weighted by Gasteiger charge is 2.37. The first-order valence-corrected chi connectivity index (χ1v) is 5.77. The molecule has 2 rings (SSSR count). The van der Waals surface area contributed by atoms with Crippen LogP contribution in [0, 0.1) is 0 Å². The van der Waals surface area contributed by atoms with Gasteiger partial charge in [-0.3, -0.25) is 0 Å². The Morgan fingerprint density at radius 2 is 2.40 bits per heavy atom. The van der Waals surface area contributed by atoms with Crippen LogP contribution in [0.25, 0.3) is 0 Å². The lowest BCUT2D eigenvalue weighted by Crippen LogP contribution is -2.41. The van der Waals surface area contributed by atoms with Crippen molar-refractivity contribution in [1.29, 1.82) is 0 Å². The molecule has 2 atom stereocenters. The van der Waals surface area contributed by atoms with Crippen LogP contribution in [0.4, 0.5) is 5.82 Å². The lowest BCUT2D eigenvalue weighted by molar-refractivity contribution is 0.105. The van der Waals surface area contributed by atoms with E-state index < -0.39 is 0 Å². The molecule has 1 aromatic heterocycles. The zero-order chi connectivity index (χ0) is 10.9. The third-order valence-corrected chi connectivity index (χ3v) is 3.37. The standard InChI is InChI=1S/C10H14BrN3O/c1-7-10(2,3-4-15-7)14-9-5-8(11)12-6-13-9/h5-7H,3-4H2,1-2H3,(H,12,13,14). The smallest absolute Gasteiger partial charge is 0.130 e. The molecule has 0 spiro atoms. The van der Waals surface area contributed by atoms with E-state index in [1.54, 1.807) is 0 Å². The minimum Gasteiger partial charge on any atom is -0.376 e. The van der Waals surface area contributed by atoms with Gasteiger partial charge in [-0.25, -0.2) is 9.97 Å². The molecule has 1 saturated heterocycles. The largest absolute Gasteiger partial charge is 0.376 e. The number of aromatic nitrogens is 2. The maximum atomic E-state index is 5.55.